The standard InChI is InChI=1S/C14H12BrN3/c1-10-2-3-11(9-17-10)14(8-16)18-13-6-4-12(15)5-7-13/h2-7,9,14,18H,1H3. The second kappa shape index (κ2) is 5.65. The molecule has 0 spiro atoms. The molecule has 3 nitrogen and oxygen atoms in total. The molecule has 0 radical (unpaired) electrons. The molecule has 0 amide bonds. The Hall–Kier alpha value is -1.86. The third-order valence-corrected chi connectivity index (χ3v) is 3.08. The van der Waals surface area contributed by atoms with Crippen LogP contribution in [0.2, 0.25) is 0 Å². The number of benzene rings is 1. The second-order valence-electron chi connectivity index (χ2n) is 3.95. The number of anilines is 1. The Morgan fingerprint density at radius 3 is 2.50 bits per heavy atom. The highest BCUT2D eigenvalue weighted by atomic mass is 79.9. The normalized spacial score (nSPS) is 11.6. The van der Waals surface area contributed by atoms with Crippen molar-refractivity contribution in [3.05, 3.63) is 58.3 Å². The van der Waals surface area contributed by atoms with Gasteiger partial charge in [0.05, 0.1) is 6.07 Å². The van der Waals surface area contributed by atoms with Gasteiger partial charge in [-0.25, -0.2) is 0 Å². The number of hydrogen-bond acceptors (Lipinski definition) is 3. The van der Waals surface area contributed by atoms with Crippen LogP contribution in [0.25, 0.3) is 0 Å². The molecule has 1 heterocycles. The van der Waals surface area contributed by atoms with E-state index in [2.05, 4.69) is 32.3 Å². The van der Waals surface area contributed by atoms with Crippen LogP contribution in [-0.2, 0) is 0 Å². The number of pyridine rings is 1. The Balaban J connectivity index is 2.17. The highest BCUT2D eigenvalue weighted by Gasteiger charge is 2.10. The minimum atomic E-state index is -0.390. The van der Waals surface area contributed by atoms with Gasteiger partial charge in [0.25, 0.3) is 0 Å². The monoisotopic (exact) mass is 301 g/mol. The topological polar surface area (TPSA) is 48.7 Å². The van der Waals surface area contributed by atoms with Gasteiger partial charge in [0.1, 0.15) is 6.04 Å². The molecule has 1 aromatic carbocycles. The summed E-state index contributed by atoms with van der Waals surface area (Å²) in [6.07, 6.45) is 1.73. The Bertz CT molecular complexity index is 555. The van der Waals surface area contributed by atoms with Crippen LogP contribution in [0, 0.1) is 18.3 Å². The average Bonchev–Trinajstić information content (AvgIpc) is 2.39. The van der Waals surface area contributed by atoms with E-state index >= 15 is 0 Å². The minimum Gasteiger partial charge on any atom is -0.366 e. The Morgan fingerprint density at radius 1 is 1.22 bits per heavy atom. The minimum absolute atomic E-state index is 0.390. The fourth-order valence-corrected chi connectivity index (χ4v) is 1.82. The largest absolute Gasteiger partial charge is 0.366 e. The molecule has 90 valence electrons. The smallest absolute Gasteiger partial charge is 0.141 e. The zero-order valence-electron chi connectivity index (χ0n) is 9.89. The van der Waals surface area contributed by atoms with E-state index in [1.165, 1.54) is 0 Å². The molecule has 1 atom stereocenters. The number of nitrogens with zero attached hydrogens (tertiary/aromatic N) is 2. The quantitative estimate of drug-likeness (QED) is 0.937. The van der Waals surface area contributed by atoms with E-state index in [1.54, 1.807) is 6.20 Å². The van der Waals surface area contributed by atoms with Crippen molar-refractivity contribution in [3.8, 4) is 6.07 Å². The van der Waals surface area contributed by atoms with Gasteiger partial charge in [-0.2, -0.15) is 5.26 Å². The fourth-order valence-electron chi connectivity index (χ4n) is 1.55. The van der Waals surface area contributed by atoms with Crippen molar-refractivity contribution in [2.75, 3.05) is 5.32 Å². The van der Waals surface area contributed by atoms with Crippen molar-refractivity contribution >= 4 is 21.6 Å². The lowest BCUT2D eigenvalue weighted by atomic mass is 10.1. The highest BCUT2D eigenvalue weighted by molar-refractivity contribution is 9.10. The van der Waals surface area contributed by atoms with E-state index in [1.807, 2.05) is 43.3 Å². The predicted molar refractivity (Wildman–Crippen MR) is 75.1 cm³/mol. The molecule has 0 aliphatic heterocycles. The van der Waals surface area contributed by atoms with Gasteiger partial charge in [0, 0.05) is 27.6 Å². The van der Waals surface area contributed by atoms with Crippen LogP contribution >= 0.6 is 15.9 Å². The molecular formula is C14H12BrN3. The lowest BCUT2D eigenvalue weighted by molar-refractivity contribution is 0.974. The molecule has 0 fully saturated rings. The summed E-state index contributed by atoms with van der Waals surface area (Å²) in [6.45, 7) is 1.92. The summed E-state index contributed by atoms with van der Waals surface area (Å²) in [5.74, 6) is 0. The SMILES string of the molecule is Cc1ccc(C(C#N)Nc2ccc(Br)cc2)cn1. The number of nitrogens with one attached hydrogen (secondary N) is 1. The first-order valence-electron chi connectivity index (χ1n) is 5.53. The summed E-state index contributed by atoms with van der Waals surface area (Å²) in [5.41, 5.74) is 2.72. The van der Waals surface area contributed by atoms with Crippen LogP contribution in [0.5, 0.6) is 0 Å². The first-order valence-corrected chi connectivity index (χ1v) is 6.32. The summed E-state index contributed by atoms with van der Waals surface area (Å²) in [6, 6.07) is 13.4. The molecular weight excluding hydrogens is 290 g/mol. The van der Waals surface area contributed by atoms with Crippen LogP contribution in [0.4, 0.5) is 5.69 Å². The van der Waals surface area contributed by atoms with Crippen LogP contribution in [0.3, 0.4) is 0 Å². The van der Waals surface area contributed by atoms with Crippen molar-refractivity contribution in [3.63, 3.8) is 0 Å². The van der Waals surface area contributed by atoms with Gasteiger partial charge < -0.3 is 5.32 Å². The zero-order chi connectivity index (χ0) is 13.0. The van der Waals surface area contributed by atoms with Crippen molar-refractivity contribution < 1.29 is 0 Å². The van der Waals surface area contributed by atoms with E-state index < -0.39 is 0 Å². The molecule has 0 aliphatic rings. The predicted octanol–water partition coefficient (Wildman–Crippen LogP) is 3.83. The lowest BCUT2D eigenvalue weighted by Crippen LogP contribution is -2.08. The molecule has 0 saturated heterocycles. The number of rotatable bonds is 3. The van der Waals surface area contributed by atoms with Gasteiger partial charge in [0.15, 0.2) is 0 Å². The fraction of sp³-hybridized carbons (Fsp3) is 0.143. The molecule has 1 aromatic heterocycles. The van der Waals surface area contributed by atoms with Crippen LogP contribution in [0.15, 0.2) is 47.1 Å². The molecule has 2 rings (SSSR count). The highest BCUT2D eigenvalue weighted by Crippen LogP contribution is 2.20. The first kappa shape index (κ1) is 12.6. The zero-order valence-corrected chi connectivity index (χ0v) is 11.5. The summed E-state index contributed by atoms with van der Waals surface area (Å²) in [5, 5.41) is 12.4. The molecule has 1 N–H and O–H groups in total. The molecule has 2 aromatic rings. The molecule has 0 saturated carbocycles. The number of nitriles is 1. The second-order valence-corrected chi connectivity index (χ2v) is 4.86. The van der Waals surface area contributed by atoms with Gasteiger partial charge in [0.2, 0.25) is 0 Å². The van der Waals surface area contributed by atoms with E-state index in [0.717, 1.165) is 21.4 Å². The maximum Gasteiger partial charge on any atom is 0.141 e. The molecule has 1 unspecified atom stereocenters. The Morgan fingerprint density at radius 2 is 1.94 bits per heavy atom. The summed E-state index contributed by atoms with van der Waals surface area (Å²) >= 11 is 3.38. The summed E-state index contributed by atoms with van der Waals surface area (Å²) in [4.78, 5) is 4.21. The summed E-state index contributed by atoms with van der Waals surface area (Å²) in [7, 11) is 0. The Labute approximate surface area is 115 Å². The first-order chi connectivity index (χ1) is 8.69. The summed E-state index contributed by atoms with van der Waals surface area (Å²) < 4.78 is 1.01. The van der Waals surface area contributed by atoms with Gasteiger partial charge in [-0.15, -0.1) is 0 Å². The van der Waals surface area contributed by atoms with E-state index in [4.69, 9.17) is 0 Å². The van der Waals surface area contributed by atoms with Gasteiger partial charge in [-0.3, -0.25) is 4.98 Å². The third-order valence-electron chi connectivity index (χ3n) is 2.55. The van der Waals surface area contributed by atoms with Crippen molar-refractivity contribution in [1.29, 1.82) is 5.26 Å². The van der Waals surface area contributed by atoms with Crippen molar-refractivity contribution in [2.24, 2.45) is 0 Å². The average molecular weight is 302 g/mol. The van der Waals surface area contributed by atoms with E-state index in [0.29, 0.717) is 0 Å². The molecule has 4 heteroatoms. The van der Waals surface area contributed by atoms with Crippen LogP contribution < -0.4 is 5.32 Å². The lowest BCUT2D eigenvalue weighted by Gasteiger charge is -2.13. The Kier molecular flexibility index (Phi) is 3.96. The van der Waals surface area contributed by atoms with Crippen LogP contribution in [0.1, 0.15) is 17.3 Å². The number of aromatic nitrogens is 1. The number of aryl methyl sites for hydroxylation is 1. The van der Waals surface area contributed by atoms with Gasteiger partial charge >= 0.3 is 0 Å². The maximum absolute atomic E-state index is 9.22. The number of hydrogen-bond donors (Lipinski definition) is 1. The van der Waals surface area contributed by atoms with E-state index in [9.17, 15) is 5.26 Å². The molecule has 18 heavy (non-hydrogen) atoms. The molecule has 0 aliphatic carbocycles. The van der Waals surface area contributed by atoms with Crippen molar-refractivity contribution in [1.82, 2.24) is 4.98 Å². The van der Waals surface area contributed by atoms with Crippen LogP contribution in [-0.4, -0.2) is 4.98 Å². The van der Waals surface area contributed by atoms with Gasteiger partial charge in [-0.1, -0.05) is 22.0 Å². The third kappa shape index (κ3) is 3.08. The number of halogens is 1. The maximum atomic E-state index is 9.22. The molecule has 0 bridgehead atoms. The van der Waals surface area contributed by atoms with E-state index in [-0.39, 0.29) is 6.04 Å². The van der Waals surface area contributed by atoms with Gasteiger partial charge in [-0.05, 0) is 37.3 Å². The van der Waals surface area contributed by atoms with Crippen molar-refractivity contribution in [2.45, 2.75) is 13.0 Å².